The maximum atomic E-state index is 12.4. The standard InChI is InChI=1S/C17H26Cl2N4O3S.HI/c1-3-20-17(22-13(2)15-5-4-14(18)12-16(15)19)21-6-11-27(24,25)23-7-9-26-10-8-23;/h4-5,12-13H,3,6-11H2,1-2H3,(H2,20,21,22);1H. The van der Waals surface area contributed by atoms with E-state index < -0.39 is 10.0 Å². The lowest BCUT2D eigenvalue weighted by Crippen LogP contribution is -2.43. The molecule has 0 saturated carbocycles. The number of ether oxygens (including phenoxy) is 1. The second kappa shape index (κ2) is 12.4. The second-order valence-corrected chi connectivity index (χ2v) is 9.05. The average Bonchev–Trinajstić information content (AvgIpc) is 2.62. The van der Waals surface area contributed by atoms with Crippen LogP contribution in [0.2, 0.25) is 10.0 Å². The maximum Gasteiger partial charge on any atom is 0.216 e. The maximum absolute atomic E-state index is 12.4. The lowest BCUT2D eigenvalue weighted by molar-refractivity contribution is 0.0731. The predicted octanol–water partition coefficient (Wildman–Crippen LogP) is 2.89. The summed E-state index contributed by atoms with van der Waals surface area (Å²) in [7, 11) is -3.33. The number of benzene rings is 1. The zero-order chi connectivity index (χ0) is 19.9. The van der Waals surface area contributed by atoms with E-state index in [1.807, 2.05) is 19.9 Å². The SMILES string of the molecule is CCNC(=NCCS(=O)(=O)N1CCOCC1)NC(C)c1ccc(Cl)cc1Cl.I. The van der Waals surface area contributed by atoms with Gasteiger partial charge in [-0.05, 0) is 31.5 Å². The smallest absolute Gasteiger partial charge is 0.216 e. The van der Waals surface area contributed by atoms with E-state index in [2.05, 4.69) is 15.6 Å². The molecular formula is C17H27Cl2IN4O3S. The molecule has 1 atom stereocenters. The predicted molar refractivity (Wildman–Crippen MR) is 126 cm³/mol. The van der Waals surface area contributed by atoms with Gasteiger partial charge in [0.25, 0.3) is 0 Å². The zero-order valence-electron chi connectivity index (χ0n) is 16.0. The minimum absolute atomic E-state index is 0. The first kappa shape index (κ1) is 25.7. The number of sulfonamides is 1. The number of nitrogens with one attached hydrogen (secondary N) is 2. The molecule has 2 N–H and O–H groups in total. The summed E-state index contributed by atoms with van der Waals surface area (Å²) in [6.45, 7) is 6.39. The van der Waals surface area contributed by atoms with Gasteiger partial charge in [0, 0.05) is 29.7 Å². The summed E-state index contributed by atoms with van der Waals surface area (Å²) in [6.07, 6.45) is 0. The van der Waals surface area contributed by atoms with E-state index in [4.69, 9.17) is 27.9 Å². The van der Waals surface area contributed by atoms with Crippen LogP contribution in [0.1, 0.15) is 25.5 Å². The number of rotatable bonds is 7. The zero-order valence-corrected chi connectivity index (χ0v) is 20.6. The molecule has 0 spiro atoms. The first-order valence-electron chi connectivity index (χ1n) is 8.89. The molecule has 1 unspecified atom stereocenters. The molecule has 0 radical (unpaired) electrons. The third-order valence-corrected chi connectivity index (χ3v) is 6.52. The van der Waals surface area contributed by atoms with E-state index in [0.29, 0.717) is 48.9 Å². The molecule has 160 valence electrons. The van der Waals surface area contributed by atoms with Crippen molar-refractivity contribution in [3.05, 3.63) is 33.8 Å². The van der Waals surface area contributed by atoms with E-state index >= 15 is 0 Å². The van der Waals surface area contributed by atoms with E-state index in [1.165, 1.54) is 4.31 Å². The van der Waals surface area contributed by atoms with Gasteiger partial charge in [-0.3, -0.25) is 4.99 Å². The van der Waals surface area contributed by atoms with Crippen LogP contribution >= 0.6 is 47.2 Å². The molecule has 1 aliphatic rings. The topological polar surface area (TPSA) is 83.0 Å². The highest BCUT2D eigenvalue weighted by Crippen LogP contribution is 2.25. The van der Waals surface area contributed by atoms with E-state index in [9.17, 15) is 8.42 Å². The summed E-state index contributed by atoms with van der Waals surface area (Å²) < 4.78 is 31.4. The van der Waals surface area contributed by atoms with Crippen molar-refractivity contribution in [3.63, 3.8) is 0 Å². The molecule has 0 aromatic heterocycles. The molecule has 1 saturated heterocycles. The highest BCUT2D eigenvalue weighted by Gasteiger charge is 2.23. The van der Waals surface area contributed by atoms with Gasteiger partial charge < -0.3 is 15.4 Å². The number of morpholine rings is 1. The van der Waals surface area contributed by atoms with Gasteiger partial charge in [0.2, 0.25) is 10.0 Å². The van der Waals surface area contributed by atoms with Crippen LogP contribution in [-0.4, -0.2) is 63.8 Å². The Morgan fingerprint density at radius 1 is 1.32 bits per heavy atom. The Labute approximate surface area is 194 Å². The van der Waals surface area contributed by atoms with Crippen molar-refractivity contribution in [1.29, 1.82) is 0 Å². The summed E-state index contributed by atoms with van der Waals surface area (Å²) in [5.74, 6) is 0.493. The van der Waals surface area contributed by atoms with E-state index in [-0.39, 0.29) is 42.3 Å². The molecule has 0 bridgehead atoms. The van der Waals surface area contributed by atoms with Gasteiger partial charge in [-0.25, -0.2) is 8.42 Å². The molecule has 2 rings (SSSR count). The van der Waals surface area contributed by atoms with Gasteiger partial charge in [0.1, 0.15) is 0 Å². The summed E-state index contributed by atoms with van der Waals surface area (Å²) >= 11 is 12.2. The van der Waals surface area contributed by atoms with Crippen LogP contribution < -0.4 is 10.6 Å². The molecule has 0 aliphatic carbocycles. The molecule has 28 heavy (non-hydrogen) atoms. The lowest BCUT2D eigenvalue weighted by atomic mass is 10.1. The minimum Gasteiger partial charge on any atom is -0.379 e. The summed E-state index contributed by atoms with van der Waals surface area (Å²) in [5, 5.41) is 7.50. The molecule has 7 nitrogen and oxygen atoms in total. The van der Waals surface area contributed by atoms with Crippen molar-refractivity contribution in [1.82, 2.24) is 14.9 Å². The highest BCUT2D eigenvalue weighted by molar-refractivity contribution is 14.0. The van der Waals surface area contributed by atoms with Gasteiger partial charge in [-0.1, -0.05) is 29.3 Å². The largest absolute Gasteiger partial charge is 0.379 e. The number of guanidine groups is 1. The Morgan fingerprint density at radius 3 is 2.61 bits per heavy atom. The third kappa shape index (κ3) is 7.83. The van der Waals surface area contributed by atoms with Crippen molar-refractivity contribution in [2.45, 2.75) is 19.9 Å². The van der Waals surface area contributed by atoms with Gasteiger partial charge >= 0.3 is 0 Å². The molecular weight excluding hydrogens is 538 g/mol. The summed E-state index contributed by atoms with van der Waals surface area (Å²) in [4.78, 5) is 4.39. The molecule has 1 heterocycles. The Hall–Kier alpha value is -0.330. The van der Waals surface area contributed by atoms with E-state index in [1.54, 1.807) is 12.1 Å². The quantitative estimate of drug-likeness (QED) is 0.302. The van der Waals surface area contributed by atoms with Crippen LogP contribution in [0, 0.1) is 0 Å². The Bertz CT molecular complexity index is 759. The van der Waals surface area contributed by atoms with Crippen molar-refractivity contribution in [2.75, 3.05) is 45.1 Å². The first-order chi connectivity index (χ1) is 12.8. The van der Waals surface area contributed by atoms with Gasteiger partial charge in [-0.2, -0.15) is 4.31 Å². The van der Waals surface area contributed by atoms with Crippen molar-refractivity contribution >= 4 is 63.2 Å². The first-order valence-corrected chi connectivity index (χ1v) is 11.3. The highest BCUT2D eigenvalue weighted by atomic mass is 127. The van der Waals surface area contributed by atoms with Crippen LogP contribution in [0.25, 0.3) is 0 Å². The summed E-state index contributed by atoms with van der Waals surface area (Å²) in [6, 6.07) is 5.20. The van der Waals surface area contributed by atoms with Crippen LogP contribution in [-0.2, 0) is 14.8 Å². The molecule has 1 aliphatic heterocycles. The number of hydrogen-bond donors (Lipinski definition) is 2. The van der Waals surface area contributed by atoms with Crippen molar-refractivity contribution in [2.24, 2.45) is 4.99 Å². The van der Waals surface area contributed by atoms with Crippen LogP contribution in [0.5, 0.6) is 0 Å². The van der Waals surface area contributed by atoms with Crippen molar-refractivity contribution in [3.8, 4) is 0 Å². The van der Waals surface area contributed by atoms with E-state index in [0.717, 1.165) is 5.56 Å². The molecule has 1 fully saturated rings. The number of nitrogens with zero attached hydrogens (tertiary/aromatic N) is 2. The molecule has 11 heteroatoms. The van der Waals surface area contributed by atoms with Crippen LogP contribution in [0.3, 0.4) is 0 Å². The Balaban J connectivity index is 0.00000392. The van der Waals surface area contributed by atoms with Crippen LogP contribution in [0.4, 0.5) is 0 Å². The average molecular weight is 565 g/mol. The lowest BCUT2D eigenvalue weighted by Gasteiger charge is -2.25. The van der Waals surface area contributed by atoms with Crippen LogP contribution in [0.15, 0.2) is 23.2 Å². The van der Waals surface area contributed by atoms with Gasteiger partial charge in [0.15, 0.2) is 5.96 Å². The Kier molecular flexibility index (Phi) is 11.4. The molecule has 0 amide bonds. The van der Waals surface area contributed by atoms with Gasteiger partial charge in [0.05, 0.1) is 31.6 Å². The summed E-state index contributed by atoms with van der Waals surface area (Å²) in [5.41, 5.74) is 0.882. The number of halogens is 3. The fourth-order valence-corrected chi connectivity index (χ4v) is 4.54. The van der Waals surface area contributed by atoms with Crippen molar-refractivity contribution < 1.29 is 13.2 Å². The fraction of sp³-hybridized carbons (Fsp3) is 0.588. The molecule has 1 aromatic rings. The Morgan fingerprint density at radius 2 is 2.00 bits per heavy atom. The molecule has 1 aromatic carbocycles. The normalized spacial score (nSPS) is 16.9. The second-order valence-electron chi connectivity index (χ2n) is 6.12. The number of hydrogen-bond acceptors (Lipinski definition) is 4. The fourth-order valence-electron chi connectivity index (χ4n) is 2.68. The number of aliphatic imine (C=N–C) groups is 1. The minimum atomic E-state index is -3.33. The van der Waals surface area contributed by atoms with Gasteiger partial charge in [-0.15, -0.1) is 24.0 Å². The monoisotopic (exact) mass is 564 g/mol. The third-order valence-electron chi connectivity index (χ3n) is 4.11.